The van der Waals surface area contributed by atoms with Crippen molar-refractivity contribution in [1.82, 2.24) is 9.61 Å². The second-order valence-corrected chi connectivity index (χ2v) is 3.18. The highest BCUT2D eigenvalue weighted by Crippen LogP contribution is 2.09. The predicted octanol–water partition coefficient (Wildman–Crippen LogP) is 1.14. The molecule has 3 heteroatoms. The highest BCUT2D eigenvalue weighted by atomic mass is 15.2. The zero-order valence-electron chi connectivity index (χ0n) is 7.70. The number of hydrogen-bond donors (Lipinski definition) is 1. The van der Waals surface area contributed by atoms with Gasteiger partial charge in [0, 0.05) is 12.1 Å². The van der Waals surface area contributed by atoms with Gasteiger partial charge in [-0.15, -0.1) is 0 Å². The Balaban J connectivity index is 2.60. The first kappa shape index (κ1) is 8.26. The first-order valence-electron chi connectivity index (χ1n) is 4.45. The molecule has 2 N–H and O–H groups in total. The van der Waals surface area contributed by atoms with Crippen LogP contribution in [-0.2, 0) is 6.42 Å². The van der Waals surface area contributed by atoms with Gasteiger partial charge >= 0.3 is 0 Å². The summed E-state index contributed by atoms with van der Waals surface area (Å²) in [5, 5.41) is 4.39. The predicted molar refractivity (Wildman–Crippen MR) is 52.7 cm³/mol. The van der Waals surface area contributed by atoms with Gasteiger partial charge in [-0.2, -0.15) is 5.10 Å². The van der Waals surface area contributed by atoms with Crippen LogP contribution in [0.25, 0.3) is 5.52 Å². The number of rotatable bonds is 2. The Morgan fingerprint density at radius 1 is 1.46 bits per heavy atom. The third-order valence-electron chi connectivity index (χ3n) is 2.09. The smallest absolute Gasteiger partial charge is 0.0667 e. The SMILES string of the molecule is Cc1cc2cccc(CCN)n2n1. The summed E-state index contributed by atoms with van der Waals surface area (Å²) < 4.78 is 1.96. The fraction of sp³-hybridized carbons (Fsp3) is 0.300. The molecule has 0 aromatic carbocycles. The van der Waals surface area contributed by atoms with E-state index in [1.807, 2.05) is 17.5 Å². The van der Waals surface area contributed by atoms with Crippen molar-refractivity contribution in [2.75, 3.05) is 6.54 Å². The average Bonchev–Trinajstić information content (AvgIpc) is 2.47. The van der Waals surface area contributed by atoms with Crippen LogP contribution in [0.5, 0.6) is 0 Å². The van der Waals surface area contributed by atoms with Gasteiger partial charge in [-0.25, -0.2) is 4.52 Å². The van der Waals surface area contributed by atoms with Gasteiger partial charge in [0.1, 0.15) is 0 Å². The molecule has 0 amide bonds. The van der Waals surface area contributed by atoms with Crippen LogP contribution in [0.2, 0.25) is 0 Å². The van der Waals surface area contributed by atoms with Crippen LogP contribution in [0.4, 0.5) is 0 Å². The number of nitrogens with two attached hydrogens (primary N) is 1. The molecule has 0 saturated carbocycles. The van der Waals surface area contributed by atoms with Gasteiger partial charge in [0.2, 0.25) is 0 Å². The minimum absolute atomic E-state index is 0.665. The molecule has 2 aromatic heterocycles. The molecule has 0 fully saturated rings. The Kier molecular flexibility index (Phi) is 2.02. The Morgan fingerprint density at radius 3 is 3.08 bits per heavy atom. The van der Waals surface area contributed by atoms with E-state index in [4.69, 9.17) is 5.73 Å². The van der Waals surface area contributed by atoms with Crippen LogP contribution in [0.1, 0.15) is 11.4 Å². The van der Waals surface area contributed by atoms with E-state index in [0.717, 1.165) is 17.6 Å². The summed E-state index contributed by atoms with van der Waals surface area (Å²) in [6.07, 6.45) is 0.873. The van der Waals surface area contributed by atoms with Crippen molar-refractivity contribution in [1.29, 1.82) is 0 Å². The molecule has 0 radical (unpaired) electrons. The van der Waals surface area contributed by atoms with Gasteiger partial charge in [-0.1, -0.05) is 6.07 Å². The van der Waals surface area contributed by atoms with Crippen LogP contribution >= 0.6 is 0 Å². The number of fused-ring (bicyclic) bond motifs is 1. The van der Waals surface area contributed by atoms with Gasteiger partial charge < -0.3 is 5.73 Å². The third kappa shape index (κ3) is 1.42. The maximum atomic E-state index is 5.52. The Labute approximate surface area is 77.2 Å². The van der Waals surface area contributed by atoms with Crippen molar-refractivity contribution in [3.63, 3.8) is 0 Å². The van der Waals surface area contributed by atoms with E-state index in [1.54, 1.807) is 0 Å². The van der Waals surface area contributed by atoms with Gasteiger partial charge in [-0.3, -0.25) is 0 Å². The average molecular weight is 175 g/mol. The van der Waals surface area contributed by atoms with Crippen molar-refractivity contribution in [3.8, 4) is 0 Å². The Morgan fingerprint density at radius 2 is 2.31 bits per heavy atom. The monoisotopic (exact) mass is 175 g/mol. The summed E-state index contributed by atoms with van der Waals surface area (Å²) in [6.45, 7) is 2.66. The number of pyridine rings is 1. The topological polar surface area (TPSA) is 43.3 Å². The Bertz CT molecular complexity index is 417. The second-order valence-electron chi connectivity index (χ2n) is 3.18. The van der Waals surface area contributed by atoms with E-state index >= 15 is 0 Å². The fourth-order valence-electron chi connectivity index (χ4n) is 1.53. The van der Waals surface area contributed by atoms with Crippen molar-refractivity contribution in [2.24, 2.45) is 5.73 Å². The molecular formula is C10H13N3. The van der Waals surface area contributed by atoms with Crippen molar-refractivity contribution in [3.05, 3.63) is 35.7 Å². The molecule has 0 aliphatic rings. The van der Waals surface area contributed by atoms with Gasteiger partial charge in [0.15, 0.2) is 0 Å². The number of aromatic nitrogens is 2. The lowest BCUT2D eigenvalue weighted by molar-refractivity contribution is 0.819. The van der Waals surface area contributed by atoms with E-state index < -0.39 is 0 Å². The molecule has 0 aliphatic carbocycles. The molecule has 2 heterocycles. The highest BCUT2D eigenvalue weighted by Gasteiger charge is 2.01. The largest absolute Gasteiger partial charge is 0.330 e. The second kappa shape index (κ2) is 3.18. The normalized spacial score (nSPS) is 10.9. The van der Waals surface area contributed by atoms with E-state index in [1.165, 1.54) is 5.69 Å². The summed E-state index contributed by atoms with van der Waals surface area (Å²) in [4.78, 5) is 0. The van der Waals surface area contributed by atoms with Crippen LogP contribution < -0.4 is 5.73 Å². The molecule has 68 valence electrons. The molecule has 0 unspecified atom stereocenters. The number of nitrogens with zero attached hydrogens (tertiary/aromatic N) is 2. The van der Waals surface area contributed by atoms with E-state index in [0.29, 0.717) is 6.54 Å². The number of hydrogen-bond acceptors (Lipinski definition) is 2. The van der Waals surface area contributed by atoms with Crippen molar-refractivity contribution in [2.45, 2.75) is 13.3 Å². The lowest BCUT2D eigenvalue weighted by Crippen LogP contribution is -2.07. The molecule has 13 heavy (non-hydrogen) atoms. The van der Waals surface area contributed by atoms with Gasteiger partial charge in [0.05, 0.1) is 11.2 Å². The standard InChI is InChI=1S/C10H13N3/c1-8-7-10-4-2-3-9(5-6-11)13(10)12-8/h2-4,7H,5-6,11H2,1H3. The van der Waals surface area contributed by atoms with Crippen LogP contribution in [0.3, 0.4) is 0 Å². The lowest BCUT2D eigenvalue weighted by Gasteiger charge is -2.01. The molecule has 0 atom stereocenters. The summed E-state index contributed by atoms with van der Waals surface area (Å²) in [5.41, 5.74) is 8.88. The maximum Gasteiger partial charge on any atom is 0.0667 e. The molecule has 2 rings (SSSR count). The van der Waals surface area contributed by atoms with Crippen LogP contribution in [0.15, 0.2) is 24.3 Å². The summed E-state index contributed by atoms with van der Waals surface area (Å²) >= 11 is 0. The van der Waals surface area contributed by atoms with Gasteiger partial charge in [0.25, 0.3) is 0 Å². The van der Waals surface area contributed by atoms with Crippen LogP contribution in [0, 0.1) is 6.92 Å². The first-order valence-corrected chi connectivity index (χ1v) is 4.45. The van der Waals surface area contributed by atoms with Gasteiger partial charge in [-0.05, 0) is 31.7 Å². The van der Waals surface area contributed by atoms with E-state index in [-0.39, 0.29) is 0 Å². The maximum absolute atomic E-state index is 5.52. The fourth-order valence-corrected chi connectivity index (χ4v) is 1.53. The zero-order chi connectivity index (χ0) is 9.26. The van der Waals surface area contributed by atoms with Crippen molar-refractivity contribution >= 4 is 5.52 Å². The highest BCUT2D eigenvalue weighted by molar-refractivity contribution is 5.48. The van der Waals surface area contributed by atoms with Crippen LogP contribution in [-0.4, -0.2) is 16.2 Å². The molecule has 0 saturated heterocycles. The summed E-state index contributed by atoms with van der Waals surface area (Å²) in [5.74, 6) is 0. The lowest BCUT2D eigenvalue weighted by atomic mass is 10.2. The number of aryl methyl sites for hydroxylation is 1. The third-order valence-corrected chi connectivity index (χ3v) is 2.09. The molecule has 0 spiro atoms. The Hall–Kier alpha value is -1.35. The van der Waals surface area contributed by atoms with E-state index in [9.17, 15) is 0 Å². The molecule has 3 nitrogen and oxygen atoms in total. The zero-order valence-corrected chi connectivity index (χ0v) is 7.70. The molecule has 0 bridgehead atoms. The molecule has 2 aromatic rings. The molecular weight excluding hydrogens is 162 g/mol. The minimum Gasteiger partial charge on any atom is -0.330 e. The minimum atomic E-state index is 0.665. The summed E-state index contributed by atoms with van der Waals surface area (Å²) in [6, 6.07) is 8.23. The quantitative estimate of drug-likeness (QED) is 0.744. The first-order chi connectivity index (χ1) is 6.31. The van der Waals surface area contributed by atoms with E-state index in [2.05, 4.69) is 23.3 Å². The van der Waals surface area contributed by atoms with Crippen molar-refractivity contribution < 1.29 is 0 Å². The molecule has 0 aliphatic heterocycles. The summed E-state index contributed by atoms with van der Waals surface area (Å²) in [7, 11) is 0.